The third-order valence-corrected chi connectivity index (χ3v) is 4.65. The molecule has 1 aromatic rings. The fourth-order valence-electron chi connectivity index (χ4n) is 3.03. The van der Waals surface area contributed by atoms with E-state index in [0.29, 0.717) is 0 Å². The van der Waals surface area contributed by atoms with E-state index in [4.69, 9.17) is 15.7 Å². The summed E-state index contributed by atoms with van der Waals surface area (Å²) >= 11 is 0. The van der Waals surface area contributed by atoms with E-state index in [2.05, 4.69) is 21.9 Å². The van der Waals surface area contributed by atoms with Gasteiger partial charge in [-0.1, -0.05) is 19.6 Å². The summed E-state index contributed by atoms with van der Waals surface area (Å²) in [5.41, 5.74) is 1.88. The van der Waals surface area contributed by atoms with Crippen LogP contribution in [0.4, 0.5) is 17.6 Å². The van der Waals surface area contributed by atoms with Gasteiger partial charge in [0.1, 0.15) is 30.0 Å². The van der Waals surface area contributed by atoms with Crippen LogP contribution in [0.5, 0.6) is 0 Å². The average molecular weight is 439 g/mol. The highest BCUT2D eigenvalue weighted by Crippen LogP contribution is 2.45. The maximum absolute atomic E-state index is 14.4. The molecule has 1 aliphatic heterocycles. The molecule has 0 spiro atoms. The van der Waals surface area contributed by atoms with Crippen molar-refractivity contribution in [2.24, 2.45) is 10.7 Å². The van der Waals surface area contributed by atoms with E-state index in [1.165, 1.54) is 18.3 Å². The number of nitrogens with one attached hydrogen (secondary N) is 1. The lowest BCUT2D eigenvalue weighted by Crippen LogP contribution is -2.48. The van der Waals surface area contributed by atoms with Crippen LogP contribution in [-0.2, 0) is 4.74 Å². The predicted octanol–water partition coefficient (Wildman–Crippen LogP) is 2.95. The first kappa shape index (κ1) is 24.0. The number of nitrogens with two attached hydrogens (primary N) is 1. The summed E-state index contributed by atoms with van der Waals surface area (Å²) < 4.78 is 61.8. The van der Waals surface area contributed by atoms with Crippen molar-refractivity contribution in [3.63, 3.8) is 0 Å². The molecular formula is C20H21F4N5O2. The van der Waals surface area contributed by atoms with Crippen molar-refractivity contribution < 1.29 is 27.1 Å². The minimum absolute atomic E-state index is 0.0536. The largest absolute Gasteiger partial charge is 0.418 e. The molecule has 3 N–H and O–H groups in total. The van der Waals surface area contributed by atoms with E-state index in [-0.39, 0.29) is 30.9 Å². The molecular weight excluding hydrogens is 418 g/mol. The zero-order valence-corrected chi connectivity index (χ0v) is 16.7. The Morgan fingerprint density at radius 2 is 2.23 bits per heavy atom. The number of aromatic nitrogens is 1. The van der Waals surface area contributed by atoms with Crippen LogP contribution < -0.4 is 11.1 Å². The Balaban J connectivity index is 2.45. The van der Waals surface area contributed by atoms with Crippen LogP contribution in [0.25, 0.3) is 0 Å². The van der Waals surface area contributed by atoms with Crippen molar-refractivity contribution in [2.75, 3.05) is 13.2 Å². The number of nitriles is 1. The van der Waals surface area contributed by atoms with Crippen molar-refractivity contribution in [3.8, 4) is 6.07 Å². The summed E-state index contributed by atoms with van der Waals surface area (Å²) in [6, 6.07) is 3.53. The van der Waals surface area contributed by atoms with Crippen LogP contribution in [0.15, 0.2) is 47.4 Å². The number of amidine groups is 1. The number of rotatable bonds is 6. The molecule has 1 unspecified atom stereocenters. The Hall–Kier alpha value is -3.26. The Bertz CT molecular complexity index is 934. The highest BCUT2D eigenvalue weighted by molar-refractivity contribution is 5.92. The van der Waals surface area contributed by atoms with Crippen molar-refractivity contribution >= 4 is 11.7 Å². The number of halogens is 4. The third kappa shape index (κ3) is 5.46. The third-order valence-electron chi connectivity index (χ3n) is 4.65. The molecule has 11 heteroatoms. The molecule has 1 aromatic heterocycles. The minimum Gasteiger partial charge on any atom is -0.385 e. The number of nitrogens with zero attached hydrogens (tertiary/aromatic N) is 3. The molecule has 0 saturated heterocycles. The van der Waals surface area contributed by atoms with Crippen LogP contribution in [-0.4, -0.2) is 47.7 Å². The van der Waals surface area contributed by atoms with Gasteiger partial charge in [-0.25, -0.2) is 14.4 Å². The van der Waals surface area contributed by atoms with Gasteiger partial charge in [0.15, 0.2) is 5.54 Å². The van der Waals surface area contributed by atoms with Gasteiger partial charge in [0, 0.05) is 24.2 Å². The van der Waals surface area contributed by atoms with Crippen LogP contribution in [0, 0.1) is 11.3 Å². The fraction of sp³-hybridized carbons (Fsp3) is 0.400. The summed E-state index contributed by atoms with van der Waals surface area (Å²) in [4.78, 5) is 19.8. The van der Waals surface area contributed by atoms with E-state index in [1.807, 2.05) is 6.07 Å². The molecule has 0 aromatic carbocycles. The quantitative estimate of drug-likeness (QED) is 0.523. The van der Waals surface area contributed by atoms with Gasteiger partial charge in [-0.15, -0.1) is 0 Å². The number of hydrogen-bond acceptors (Lipinski definition) is 6. The van der Waals surface area contributed by atoms with Crippen molar-refractivity contribution in [2.45, 2.75) is 37.5 Å². The lowest BCUT2D eigenvalue weighted by atomic mass is 9.84. The Kier molecular flexibility index (Phi) is 7.51. The van der Waals surface area contributed by atoms with Gasteiger partial charge in [-0.2, -0.15) is 18.4 Å². The molecule has 0 fully saturated rings. The molecule has 0 radical (unpaired) electrons. The van der Waals surface area contributed by atoms with Crippen LogP contribution in [0.1, 0.15) is 35.8 Å². The fourth-order valence-corrected chi connectivity index (χ4v) is 3.03. The number of aliphatic imine (C=N–C) groups is 1. The standard InChI is InChI=1S/C20H21F4N5O2/c1-3-14(28-18(30)16-5-4-13(9-25)10-27-16)8-15(12(2)21)19(20(22,23)24)6-7-31-11-17(26)29-19/h4-5,8,10,14H,2-3,6-7,11H2,1H3,(H2,26,29)(H,28,30)/b15-8+/t14-,19?/m1/s1. The van der Waals surface area contributed by atoms with Crippen LogP contribution in [0.3, 0.4) is 0 Å². The lowest BCUT2D eigenvalue weighted by Gasteiger charge is -2.34. The summed E-state index contributed by atoms with van der Waals surface area (Å²) in [5.74, 6) is -2.48. The highest BCUT2D eigenvalue weighted by atomic mass is 19.4. The molecule has 1 amide bonds. The second kappa shape index (κ2) is 9.70. The topological polar surface area (TPSA) is 113 Å². The smallest absolute Gasteiger partial charge is 0.385 e. The van der Waals surface area contributed by atoms with Crippen molar-refractivity contribution in [1.82, 2.24) is 10.3 Å². The Labute approximate surface area is 176 Å². The van der Waals surface area contributed by atoms with Gasteiger partial charge < -0.3 is 15.8 Å². The van der Waals surface area contributed by atoms with Crippen LogP contribution in [0.2, 0.25) is 0 Å². The summed E-state index contributed by atoms with van der Waals surface area (Å²) in [5, 5.41) is 11.3. The predicted molar refractivity (Wildman–Crippen MR) is 105 cm³/mol. The van der Waals surface area contributed by atoms with Gasteiger partial charge in [0.2, 0.25) is 0 Å². The summed E-state index contributed by atoms with van der Waals surface area (Å²) in [7, 11) is 0. The SMILES string of the molecule is C=C(F)/C(=C\[C@@H](CC)NC(=O)c1ccc(C#N)cn1)C1(C(F)(F)F)CCOCC(N)=N1. The number of carbonyl (C=O) groups is 1. The second-order valence-electron chi connectivity index (χ2n) is 6.78. The monoisotopic (exact) mass is 439 g/mol. The number of pyridine rings is 1. The number of hydrogen-bond donors (Lipinski definition) is 2. The van der Waals surface area contributed by atoms with Gasteiger partial charge in [-0.05, 0) is 18.6 Å². The second-order valence-corrected chi connectivity index (χ2v) is 6.78. The first-order valence-electron chi connectivity index (χ1n) is 9.26. The molecule has 1 aliphatic rings. The first-order valence-corrected chi connectivity index (χ1v) is 9.26. The zero-order valence-electron chi connectivity index (χ0n) is 16.7. The van der Waals surface area contributed by atoms with Gasteiger partial charge in [0.25, 0.3) is 5.91 Å². The van der Waals surface area contributed by atoms with E-state index < -0.39 is 47.3 Å². The van der Waals surface area contributed by atoms with E-state index in [9.17, 15) is 22.4 Å². The molecule has 0 aliphatic carbocycles. The lowest BCUT2D eigenvalue weighted by molar-refractivity contribution is -0.177. The molecule has 0 bridgehead atoms. The number of ether oxygens (including phenoxy) is 1. The Morgan fingerprint density at radius 1 is 1.52 bits per heavy atom. The maximum atomic E-state index is 14.4. The number of alkyl halides is 3. The van der Waals surface area contributed by atoms with Gasteiger partial charge >= 0.3 is 6.18 Å². The first-order chi connectivity index (χ1) is 14.5. The summed E-state index contributed by atoms with van der Waals surface area (Å²) in [6.07, 6.45) is -3.43. The van der Waals surface area contributed by atoms with Gasteiger partial charge in [-0.3, -0.25) is 4.79 Å². The molecule has 7 nitrogen and oxygen atoms in total. The Morgan fingerprint density at radius 3 is 2.74 bits per heavy atom. The maximum Gasteiger partial charge on any atom is 0.418 e. The van der Waals surface area contributed by atoms with E-state index in [1.54, 1.807) is 6.92 Å². The van der Waals surface area contributed by atoms with Crippen LogP contribution >= 0.6 is 0 Å². The number of carbonyl (C=O) groups excluding carboxylic acids is 1. The molecule has 0 saturated carbocycles. The molecule has 2 atom stereocenters. The van der Waals surface area contributed by atoms with Crippen molar-refractivity contribution in [1.29, 1.82) is 5.26 Å². The average Bonchev–Trinajstić information content (AvgIpc) is 2.92. The van der Waals surface area contributed by atoms with Gasteiger partial charge in [0.05, 0.1) is 12.2 Å². The zero-order chi connectivity index (χ0) is 23.2. The molecule has 2 rings (SSSR count). The number of amides is 1. The van der Waals surface area contributed by atoms with E-state index in [0.717, 1.165) is 6.08 Å². The van der Waals surface area contributed by atoms with E-state index >= 15 is 0 Å². The van der Waals surface area contributed by atoms with Crippen molar-refractivity contribution in [3.05, 3.63) is 53.6 Å². The molecule has 2 heterocycles. The minimum atomic E-state index is -5.00. The highest BCUT2D eigenvalue weighted by Gasteiger charge is 2.58. The molecule has 166 valence electrons. The normalized spacial score (nSPS) is 20.8. The summed E-state index contributed by atoms with van der Waals surface area (Å²) in [6.45, 7) is 3.97. The molecule has 31 heavy (non-hydrogen) atoms.